The molecule has 6 heteroatoms. The van der Waals surface area contributed by atoms with Crippen LogP contribution in [-0.4, -0.2) is 28.3 Å². The number of nitrogens with two attached hydrogens (primary N) is 1. The lowest BCUT2D eigenvalue weighted by atomic mass is 10.2. The van der Waals surface area contributed by atoms with E-state index < -0.39 is 0 Å². The Hall–Kier alpha value is -2.21. The van der Waals surface area contributed by atoms with Gasteiger partial charge in [0.15, 0.2) is 0 Å². The minimum absolute atomic E-state index is 0.00543. The number of nitrogens with one attached hydrogen (secondary N) is 1. The maximum absolute atomic E-state index is 13.8. The van der Waals surface area contributed by atoms with E-state index in [9.17, 15) is 9.18 Å². The van der Waals surface area contributed by atoms with E-state index in [1.807, 2.05) is 0 Å². The van der Waals surface area contributed by atoms with Crippen LogP contribution in [0.1, 0.15) is 28.9 Å². The molecular formula is C16H19FN4O. The van der Waals surface area contributed by atoms with E-state index >= 15 is 0 Å². The number of amides is 1. The summed E-state index contributed by atoms with van der Waals surface area (Å²) in [4.78, 5) is 12.2. The quantitative estimate of drug-likeness (QED) is 0.884. The van der Waals surface area contributed by atoms with Crippen molar-refractivity contribution >= 4 is 5.91 Å². The molecule has 1 heterocycles. The van der Waals surface area contributed by atoms with E-state index in [2.05, 4.69) is 10.4 Å². The van der Waals surface area contributed by atoms with E-state index in [4.69, 9.17) is 5.73 Å². The van der Waals surface area contributed by atoms with Crippen molar-refractivity contribution in [3.05, 3.63) is 47.5 Å². The summed E-state index contributed by atoms with van der Waals surface area (Å²) < 4.78 is 15.3. The summed E-state index contributed by atoms with van der Waals surface area (Å²) in [6, 6.07) is 6.34. The maximum atomic E-state index is 13.8. The fraction of sp³-hybridized carbons (Fsp3) is 0.375. The molecule has 0 spiro atoms. The van der Waals surface area contributed by atoms with Crippen molar-refractivity contribution in [2.75, 3.05) is 6.54 Å². The highest BCUT2D eigenvalue weighted by Crippen LogP contribution is 2.31. The third-order valence-electron chi connectivity index (χ3n) is 4.06. The molecule has 1 fully saturated rings. The zero-order valence-corrected chi connectivity index (χ0v) is 12.4. The van der Waals surface area contributed by atoms with Crippen LogP contribution in [0.3, 0.4) is 0 Å². The van der Waals surface area contributed by atoms with Crippen LogP contribution in [-0.2, 0) is 0 Å². The van der Waals surface area contributed by atoms with Gasteiger partial charge in [-0.2, -0.15) is 5.10 Å². The minimum Gasteiger partial charge on any atom is -0.350 e. The van der Waals surface area contributed by atoms with Gasteiger partial charge in [0.05, 0.1) is 17.5 Å². The number of carbonyl (C=O) groups excluding carboxylic acids is 1. The van der Waals surface area contributed by atoms with Gasteiger partial charge in [0, 0.05) is 12.6 Å². The van der Waals surface area contributed by atoms with Gasteiger partial charge < -0.3 is 11.1 Å². The van der Waals surface area contributed by atoms with Crippen LogP contribution in [0.15, 0.2) is 30.5 Å². The van der Waals surface area contributed by atoms with Gasteiger partial charge >= 0.3 is 0 Å². The molecule has 1 aromatic carbocycles. The summed E-state index contributed by atoms with van der Waals surface area (Å²) in [6.45, 7) is 2.20. The van der Waals surface area contributed by atoms with E-state index in [1.54, 1.807) is 25.1 Å². The third-order valence-corrected chi connectivity index (χ3v) is 4.06. The normalized spacial score (nSPS) is 15.6. The summed E-state index contributed by atoms with van der Waals surface area (Å²) in [5, 5.41) is 6.96. The Kier molecular flexibility index (Phi) is 3.94. The molecular weight excluding hydrogens is 283 g/mol. The van der Waals surface area contributed by atoms with E-state index in [1.165, 1.54) is 16.9 Å². The van der Waals surface area contributed by atoms with Crippen molar-refractivity contribution in [1.82, 2.24) is 15.1 Å². The fourth-order valence-corrected chi connectivity index (χ4v) is 2.50. The number of halogens is 1. The van der Waals surface area contributed by atoms with Crippen LogP contribution >= 0.6 is 0 Å². The Balaban J connectivity index is 1.75. The number of hydrogen-bond acceptors (Lipinski definition) is 3. The van der Waals surface area contributed by atoms with Gasteiger partial charge in [-0.25, -0.2) is 9.07 Å². The fourth-order valence-electron chi connectivity index (χ4n) is 2.50. The Morgan fingerprint density at radius 2 is 2.23 bits per heavy atom. The Bertz CT molecular complexity index is 693. The van der Waals surface area contributed by atoms with Gasteiger partial charge in [0.2, 0.25) is 0 Å². The molecule has 5 nitrogen and oxygen atoms in total. The second kappa shape index (κ2) is 5.88. The number of aromatic nitrogens is 2. The average Bonchev–Trinajstić information content (AvgIpc) is 3.29. The summed E-state index contributed by atoms with van der Waals surface area (Å²) in [5.74, 6) is -0.0739. The van der Waals surface area contributed by atoms with E-state index in [0.717, 1.165) is 12.8 Å². The molecule has 22 heavy (non-hydrogen) atoms. The molecule has 3 rings (SSSR count). The summed E-state index contributed by atoms with van der Waals surface area (Å²) in [5.41, 5.74) is 7.34. The zero-order valence-electron chi connectivity index (χ0n) is 12.4. The number of carbonyl (C=O) groups is 1. The number of hydrogen-bond donors (Lipinski definition) is 2. The molecule has 116 valence electrons. The maximum Gasteiger partial charge on any atom is 0.254 e. The molecule has 0 saturated heterocycles. The first kappa shape index (κ1) is 14.7. The standard InChI is InChI=1S/C16H19FN4O/c1-10-12(16(22)19-9-14(18)11-6-7-11)8-20-21(10)15-5-3-2-4-13(15)17/h2-5,8,11,14H,6-7,9,18H2,1H3,(H,19,22). The third kappa shape index (κ3) is 2.87. The van der Waals surface area contributed by atoms with Gasteiger partial charge in [0.25, 0.3) is 5.91 Å². The van der Waals surface area contributed by atoms with Crippen LogP contribution in [0.4, 0.5) is 4.39 Å². The molecule has 1 aromatic heterocycles. The zero-order chi connectivity index (χ0) is 15.7. The van der Waals surface area contributed by atoms with Crippen LogP contribution < -0.4 is 11.1 Å². The molecule has 1 aliphatic rings. The highest BCUT2D eigenvalue weighted by molar-refractivity contribution is 5.95. The lowest BCUT2D eigenvalue weighted by molar-refractivity contribution is 0.0949. The second-order valence-corrected chi connectivity index (χ2v) is 5.72. The molecule has 0 bridgehead atoms. The van der Waals surface area contributed by atoms with Crippen molar-refractivity contribution in [2.24, 2.45) is 11.7 Å². The number of nitrogens with zero attached hydrogens (tertiary/aromatic N) is 2. The molecule has 1 aliphatic carbocycles. The smallest absolute Gasteiger partial charge is 0.254 e. The van der Waals surface area contributed by atoms with Gasteiger partial charge in [-0.15, -0.1) is 0 Å². The largest absolute Gasteiger partial charge is 0.350 e. The second-order valence-electron chi connectivity index (χ2n) is 5.72. The van der Waals surface area contributed by atoms with Crippen molar-refractivity contribution in [2.45, 2.75) is 25.8 Å². The number of para-hydroxylation sites is 1. The van der Waals surface area contributed by atoms with Gasteiger partial charge in [-0.3, -0.25) is 4.79 Å². The van der Waals surface area contributed by atoms with Crippen molar-refractivity contribution in [3.63, 3.8) is 0 Å². The number of rotatable bonds is 5. The number of benzene rings is 1. The first-order valence-electron chi connectivity index (χ1n) is 7.41. The average molecular weight is 302 g/mol. The Labute approximate surface area is 128 Å². The van der Waals surface area contributed by atoms with Crippen LogP contribution in [0.2, 0.25) is 0 Å². The summed E-state index contributed by atoms with van der Waals surface area (Å²) in [7, 11) is 0. The molecule has 1 unspecified atom stereocenters. The highest BCUT2D eigenvalue weighted by atomic mass is 19.1. The molecule has 1 amide bonds. The van der Waals surface area contributed by atoms with Gasteiger partial charge in [-0.1, -0.05) is 12.1 Å². The van der Waals surface area contributed by atoms with Crippen molar-refractivity contribution in [3.8, 4) is 5.69 Å². The molecule has 1 atom stereocenters. The van der Waals surface area contributed by atoms with Crippen LogP contribution in [0.5, 0.6) is 0 Å². The van der Waals surface area contributed by atoms with Crippen LogP contribution in [0.25, 0.3) is 5.69 Å². The molecule has 1 saturated carbocycles. The highest BCUT2D eigenvalue weighted by Gasteiger charge is 2.28. The van der Waals surface area contributed by atoms with Crippen molar-refractivity contribution in [1.29, 1.82) is 0 Å². The Morgan fingerprint density at radius 3 is 2.91 bits per heavy atom. The lowest BCUT2D eigenvalue weighted by Gasteiger charge is -2.11. The van der Waals surface area contributed by atoms with Gasteiger partial charge in [0.1, 0.15) is 11.5 Å². The summed E-state index contributed by atoms with van der Waals surface area (Å²) in [6.07, 6.45) is 3.74. The van der Waals surface area contributed by atoms with Crippen LogP contribution in [0, 0.1) is 18.7 Å². The van der Waals surface area contributed by atoms with Gasteiger partial charge in [-0.05, 0) is 37.8 Å². The molecule has 2 aromatic rings. The molecule has 0 aliphatic heterocycles. The van der Waals surface area contributed by atoms with Crippen molar-refractivity contribution < 1.29 is 9.18 Å². The van der Waals surface area contributed by atoms with E-state index in [-0.39, 0.29) is 17.8 Å². The molecule has 0 radical (unpaired) electrons. The lowest BCUT2D eigenvalue weighted by Crippen LogP contribution is -2.38. The first-order chi connectivity index (χ1) is 10.6. The predicted molar refractivity (Wildman–Crippen MR) is 81.3 cm³/mol. The predicted octanol–water partition coefficient (Wildman–Crippen LogP) is 1.79. The molecule has 3 N–H and O–H groups in total. The summed E-state index contributed by atoms with van der Waals surface area (Å²) >= 11 is 0. The van der Waals surface area contributed by atoms with E-state index in [0.29, 0.717) is 29.4 Å². The SMILES string of the molecule is Cc1c(C(=O)NCC(N)C2CC2)cnn1-c1ccccc1F. The topological polar surface area (TPSA) is 72.9 Å². The monoisotopic (exact) mass is 302 g/mol. The Morgan fingerprint density at radius 1 is 1.50 bits per heavy atom. The minimum atomic E-state index is -0.378. The first-order valence-corrected chi connectivity index (χ1v) is 7.41.